The fourth-order valence-corrected chi connectivity index (χ4v) is 7.66. The van der Waals surface area contributed by atoms with Crippen molar-refractivity contribution in [2.45, 2.75) is 0 Å². The van der Waals surface area contributed by atoms with Crippen molar-refractivity contribution in [3.8, 4) is 17.2 Å². The van der Waals surface area contributed by atoms with Crippen molar-refractivity contribution >= 4 is 46.2 Å². The van der Waals surface area contributed by atoms with Gasteiger partial charge in [-0.05, 0) is 57.6 Å². The molecule has 7 aromatic carbocycles. The van der Waals surface area contributed by atoms with Crippen LogP contribution in [0.1, 0.15) is 0 Å². The second-order valence-electron chi connectivity index (χ2n) is 10.4. The standard InChI is InChI=1S/C18H15O4P.2C12H11P/c19-23(20-16-10-4-1-5-11-16,21-17-12-6-2-7-13-17)22-18-14-8-3-9-15-18;2*1-3-7-11(8-4-1)13-12-9-5-2-6-10-12/h1-15H;2*1-10,13H. The van der Waals surface area contributed by atoms with Gasteiger partial charge in [0.25, 0.3) is 0 Å². The van der Waals surface area contributed by atoms with E-state index in [4.69, 9.17) is 13.6 Å². The molecule has 0 aliphatic rings. The maximum Gasteiger partial charge on any atom is 0.647 e. The Labute approximate surface area is 293 Å². The van der Waals surface area contributed by atoms with E-state index in [-0.39, 0.29) is 0 Å². The Morgan fingerprint density at radius 2 is 0.469 bits per heavy atom. The van der Waals surface area contributed by atoms with Gasteiger partial charge in [0, 0.05) is 0 Å². The molecule has 4 nitrogen and oxygen atoms in total. The quantitative estimate of drug-likeness (QED) is 0.134. The Hall–Kier alpha value is -4.97. The van der Waals surface area contributed by atoms with E-state index in [0.29, 0.717) is 17.2 Å². The first-order chi connectivity index (χ1) is 24.1. The fourth-order valence-electron chi connectivity index (χ4n) is 4.31. The molecule has 0 bridgehead atoms. The van der Waals surface area contributed by atoms with Crippen molar-refractivity contribution in [3.05, 3.63) is 212 Å². The lowest BCUT2D eigenvalue weighted by atomic mass is 10.3. The van der Waals surface area contributed by atoms with Crippen molar-refractivity contribution in [2.75, 3.05) is 0 Å². The molecule has 0 unspecified atom stereocenters. The summed E-state index contributed by atoms with van der Waals surface area (Å²) in [4.78, 5) is 0. The molecule has 0 radical (unpaired) electrons. The van der Waals surface area contributed by atoms with Gasteiger partial charge in [-0.2, -0.15) is 4.57 Å². The second-order valence-corrected chi connectivity index (χ2v) is 14.6. The first kappa shape index (κ1) is 35.3. The lowest BCUT2D eigenvalue weighted by Crippen LogP contribution is -2.07. The summed E-state index contributed by atoms with van der Waals surface area (Å²) in [6.07, 6.45) is 0. The van der Waals surface area contributed by atoms with Crippen LogP contribution < -0.4 is 34.8 Å². The number of hydrogen-bond acceptors (Lipinski definition) is 4. The summed E-state index contributed by atoms with van der Waals surface area (Å²) in [6, 6.07) is 68.7. The summed E-state index contributed by atoms with van der Waals surface area (Å²) >= 11 is 0. The summed E-state index contributed by atoms with van der Waals surface area (Å²) in [6.45, 7) is 0. The van der Waals surface area contributed by atoms with Crippen LogP contribution in [0.4, 0.5) is 0 Å². The van der Waals surface area contributed by atoms with Crippen LogP contribution in [0.2, 0.25) is 0 Å². The van der Waals surface area contributed by atoms with Crippen LogP contribution in [0.5, 0.6) is 17.2 Å². The Balaban J connectivity index is 0.000000154. The Morgan fingerprint density at radius 3 is 0.673 bits per heavy atom. The van der Waals surface area contributed by atoms with E-state index in [2.05, 4.69) is 121 Å². The summed E-state index contributed by atoms with van der Waals surface area (Å²) in [5.41, 5.74) is 0. The minimum absolute atomic E-state index is 0.405. The van der Waals surface area contributed by atoms with Gasteiger partial charge in [-0.15, -0.1) is 0 Å². The number of rotatable bonds is 10. The Kier molecular flexibility index (Phi) is 14.2. The molecule has 0 saturated carbocycles. The van der Waals surface area contributed by atoms with Gasteiger partial charge in [0.15, 0.2) is 0 Å². The Morgan fingerprint density at radius 1 is 0.286 bits per heavy atom. The number of phosphoric acid groups is 1. The van der Waals surface area contributed by atoms with E-state index in [1.807, 2.05) is 18.2 Å². The summed E-state index contributed by atoms with van der Waals surface area (Å²) in [5.74, 6) is 1.22. The number of phosphoric ester groups is 1. The van der Waals surface area contributed by atoms with Crippen molar-refractivity contribution in [3.63, 3.8) is 0 Å². The number of para-hydroxylation sites is 3. The molecule has 7 rings (SSSR count). The zero-order valence-electron chi connectivity index (χ0n) is 26.8. The SMILES string of the molecule is O=P(Oc1ccccc1)(Oc1ccccc1)Oc1ccccc1.c1ccc(Pc2ccccc2)cc1.c1ccc(Pc2ccccc2)cc1. The largest absolute Gasteiger partial charge is 0.647 e. The van der Waals surface area contributed by atoms with Gasteiger partial charge < -0.3 is 13.6 Å². The van der Waals surface area contributed by atoms with Crippen LogP contribution in [0.25, 0.3) is 0 Å². The predicted octanol–water partition coefficient (Wildman–Crippen LogP) is 9.96. The van der Waals surface area contributed by atoms with E-state index in [1.165, 1.54) is 21.2 Å². The average Bonchev–Trinajstić information content (AvgIpc) is 3.15. The van der Waals surface area contributed by atoms with Gasteiger partial charge in [0.2, 0.25) is 0 Å². The van der Waals surface area contributed by atoms with E-state index < -0.39 is 7.82 Å². The summed E-state index contributed by atoms with van der Waals surface area (Å²) in [5, 5.41) is 5.59. The highest BCUT2D eigenvalue weighted by molar-refractivity contribution is 7.55. The molecule has 7 aromatic rings. The van der Waals surface area contributed by atoms with Gasteiger partial charge in [0.1, 0.15) is 17.2 Å². The molecule has 7 heteroatoms. The van der Waals surface area contributed by atoms with Crippen LogP contribution in [0, 0.1) is 0 Å². The van der Waals surface area contributed by atoms with E-state index in [9.17, 15) is 4.57 Å². The molecule has 0 atom stereocenters. The van der Waals surface area contributed by atoms with Crippen molar-refractivity contribution in [2.24, 2.45) is 0 Å². The maximum atomic E-state index is 13.1. The molecule has 0 heterocycles. The van der Waals surface area contributed by atoms with Crippen LogP contribution in [-0.2, 0) is 4.57 Å². The predicted molar refractivity (Wildman–Crippen MR) is 210 cm³/mol. The third-order valence-corrected chi connectivity index (χ3v) is 10.3. The monoisotopic (exact) mass is 698 g/mol. The molecular formula is C42H37O4P3. The fraction of sp³-hybridized carbons (Fsp3) is 0. The second kappa shape index (κ2) is 19.8. The van der Waals surface area contributed by atoms with Crippen LogP contribution in [0.3, 0.4) is 0 Å². The smallest absolute Gasteiger partial charge is 0.386 e. The maximum absolute atomic E-state index is 13.1. The third-order valence-electron chi connectivity index (χ3n) is 6.55. The molecule has 244 valence electrons. The van der Waals surface area contributed by atoms with Crippen molar-refractivity contribution in [1.82, 2.24) is 0 Å². The molecule has 0 fully saturated rings. The molecular weight excluding hydrogens is 661 g/mol. The molecule has 0 N–H and O–H groups in total. The topological polar surface area (TPSA) is 44.8 Å². The van der Waals surface area contributed by atoms with E-state index >= 15 is 0 Å². The normalized spacial score (nSPS) is 10.3. The number of benzene rings is 7. The zero-order valence-corrected chi connectivity index (χ0v) is 29.7. The van der Waals surface area contributed by atoms with E-state index in [0.717, 1.165) is 17.2 Å². The average molecular weight is 699 g/mol. The lowest BCUT2D eigenvalue weighted by Gasteiger charge is -2.19. The van der Waals surface area contributed by atoms with Crippen LogP contribution in [-0.4, -0.2) is 0 Å². The van der Waals surface area contributed by atoms with Gasteiger partial charge in [0.05, 0.1) is 0 Å². The Bertz CT molecular complexity index is 1670. The minimum atomic E-state index is -3.89. The number of hydrogen-bond donors (Lipinski definition) is 0. The molecule has 0 saturated heterocycles. The highest BCUT2D eigenvalue weighted by atomic mass is 31.2. The molecule has 0 spiro atoms. The van der Waals surface area contributed by atoms with Crippen molar-refractivity contribution < 1.29 is 18.1 Å². The molecule has 0 aliphatic heterocycles. The van der Waals surface area contributed by atoms with Crippen LogP contribution >= 0.6 is 25.0 Å². The summed E-state index contributed by atoms with van der Waals surface area (Å²) in [7, 11) is -2.33. The molecule has 0 aliphatic carbocycles. The lowest BCUT2D eigenvalue weighted by molar-refractivity contribution is 0.298. The zero-order chi connectivity index (χ0) is 33.8. The minimum Gasteiger partial charge on any atom is -0.386 e. The van der Waals surface area contributed by atoms with Gasteiger partial charge in [-0.3, -0.25) is 0 Å². The van der Waals surface area contributed by atoms with Crippen LogP contribution in [0.15, 0.2) is 212 Å². The molecule has 0 aromatic heterocycles. The highest BCUT2D eigenvalue weighted by Gasteiger charge is 2.33. The first-order valence-corrected chi connectivity index (χ1v) is 19.2. The van der Waals surface area contributed by atoms with Gasteiger partial charge in [-0.25, -0.2) is 0 Å². The highest BCUT2D eigenvalue weighted by Crippen LogP contribution is 2.49. The summed E-state index contributed by atoms with van der Waals surface area (Å²) < 4.78 is 29.6. The molecule has 0 amide bonds. The van der Waals surface area contributed by atoms with Gasteiger partial charge >= 0.3 is 7.82 Å². The van der Waals surface area contributed by atoms with E-state index in [1.54, 1.807) is 72.8 Å². The van der Waals surface area contributed by atoms with Gasteiger partial charge in [-0.1, -0.05) is 193 Å². The third kappa shape index (κ3) is 13.2. The molecule has 49 heavy (non-hydrogen) atoms. The first-order valence-electron chi connectivity index (χ1n) is 15.7. The van der Waals surface area contributed by atoms with Crippen molar-refractivity contribution in [1.29, 1.82) is 0 Å².